The Kier molecular flexibility index (Phi) is 1.17. The van der Waals surface area contributed by atoms with Gasteiger partial charge in [-0.3, -0.25) is 0 Å². The molecule has 1 aromatic carbocycles. The summed E-state index contributed by atoms with van der Waals surface area (Å²) in [6, 6.07) is 11.4. The van der Waals surface area contributed by atoms with E-state index in [1.54, 1.807) is 24.8 Å². The summed E-state index contributed by atoms with van der Waals surface area (Å²) in [5.41, 5.74) is 3.14. The molecule has 16 heavy (non-hydrogen) atoms. The van der Waals surface area contributed by atoms with Gasteiger partial charge in [-0.05, 0) is 66.3 Å². The summed E-state index contributed by atoms with van der Waals surface area (Å²) in [7, 11) is 0. The molecule has 0 heterocycles. The fraction of sp³-hybridized carbons (Fsp3) is 0.625. The van der Waals surface area contributed by atoms with Gasteiger partial charge in [0.1, 0.15) is 0 Å². The fourth-order valence-corrected chi connectivity index (χ4v) is 6.21. The predicted molar refractivity (Wildman–Crippen MR) is 64.1 cm³/mol. The average molecular weight is 210 g/mol. The zero-order chi connectivity index (χ0) is 10.4. The molecule has 0 aliphatic heterocycles. The van der Waals surface area contributed by atoms with E-state index in [4.69, 9.17) is 0 Å². The molecule has 82 valence electrons. The first-order valence-corrected chi connectivity index (χ1v) is 6.89. The Labute approximate surface area is 97.1 Å². The highest BCUT2D eigenvalue weighted by Crippen LogP contribution is 2.84. The highest BCUT2D eigenvalue weighted by atomic mass is 14.8. The van der Waals surface area contributed by atoms with E-state index in [9.17, 15) is 0 Å². The lowest BCUT2D eigenvalue weighted by Crippen LogP contribution is -2.59. The highest BCUT2D eigenvalue weighted by molar-refractivity contribution is 5.38. The Balaban J connectivity index is 1.65. The van der Waals surface area contributed by atoms with Gasteiger partial charge in [0.15, 0.2) is 0 Å². The van der Waals surface area contributed by atoms with Crippen LogP contribution in [0.4, 0.5) is 0 Å². The van der Waals surface area contributed by atoms with Crippen molar-refractivity contribution in [3.05, 3.63) is 35.9 Å². The Morgan fingerprint density at radius 1 is 0.875 bits per heavy atom. The maximum absolute atomic E-state index is 2.39. The fourth-order valence-electron chi connectivity index (χ4n) is 6.21. The van der Waals surface area contributed by atoms with Crippen molar-refractivity contribution >= 4 is 0 Å². The van der Waals surface area contributed by atoms with Crippen molar-refractivity contribution in [1.82, 2.24) is 0 Å². The maximum Gasteiger partial charge on any atom is -0.00357 e. The lowest BCUT2D eigenvalue weighted by atomic mass is 9.38. The molecule has 4 fully saturated rings. The summed E-state index contributed by atoms with van der Waals surface area (Å²) in [5.74, 6) is 3.38. The lowest BCUT2D eigenvalue weighted by Gasteiger charge is -2.66. The van der Waals surface area contributed by atoms with E-state index in [1.165, 1.54) is 12.8 Å². The molecule has 2 bridgehead atoms. The van der Waals surface area contributed by atoms with Gasteiger partial charge in [0.25, 0.3) is 0 Å². The lowest BCUT2D eigenvalue weighted by molar-refractivity contribution is -0.175. The second-order valence-corrected chi connectivity index (χ2v) is 6.91. The summed E-state index contributed by atoms with van der Waals surface area (Å²) < 4.78 is 0. The molecule has 0 N–H and O–H groups in total. The first-order valence-electron chi connectivity index (χ1n) is 6.89. The molecule has 0 saturated heterocycles. The maximum atomic E-state index is 2.39. The zero-order valence-corrected chi connectivity index (χ0v) is 9.65. The number of rotatable bonds is 1. The number of fused-ring (bicyclic) bond motifs is 1. The minimum absolute atomic E-state index is 0.613. The summed E-state index contributed by atoms with van der Waals surface area (Å²) in [5, 5.41) is 0. The van der Waals surface area contributed by atoms with Gasteiger partial charge in [0.05, 0.1) is 0 Å². The van der Waals surface area contributed by atoms with Crippen molar-refractivity contribution in [2.45, 2.75) is 37.5 Å². The molecular formula is C16H18. The molecule has 5 rings (SSSR count). The van der Waals surface area contributed by atoms with Crippen molar-refractivity contribution in [3.8, 4) is 0 Å². The molecular weight excluding hydrogens is 192 g/mol. The minimum atomic E-state index is 0.613. The minimum Gasteiger partial charge on any atom is -0.0622 e. The third kappa shape index (κ3) is 0.647. The van der Waals surface area contributed by atoms with Crippen LogP contribution >= 0.6 is 0 Å². The van der Waals surface area contributed by atoms with Crippen LogP contribution in [-0.2, 0) is 5.41 Å². The van der Waals surface area contributed by atoms with E-state index in [1.807, 2.05) is 0 Å². The second kappa shape index (κ2) is 2.25. The number of hydrogen-bond acceptors (Lipinski definition) is 0. The standard InChI is InChI=1S/C16H18/c1-2-4-11(5-3-1)15-8-13-6-12-7-14(9-15)16(12,13)10-15/h1-5,12-14H,6-10H2/t12?,13-,14-,15?,16?/m0/s1. The van der Waals surface area contributed by atoms with E-state index in [0.29, 0.717) is 5.41 Å². The van der Waals surface area contributed by atoms with Crippen LogP contribution in [0.15, 0.2) is 30.3 Å². The number of benzene rings is 1. The van der Waals surface area contributed by atoms with Crippen LogP contribution in [0.1, 0.15) is 37.7 Å². The Hall–Kier alpha value is -0.780. The molecule has 4 aliphatic carbocycles. The highest BCUT2D eigenvalue weighted by Gasteiger charge is 2.77. The van der Waals surface area contributed by atoms with Crippen molar-refractivity contribution < 1.29 is 0 Å². The van der Waals surface area contributed by atoms with E-state index >= 15 is 0 Å². The van der Waals surface area contributed by atoms with Gasteiger partial charge in [-0.2, -0.15) is 0 Å². The van der Waals surface area contributed by atoms with Gasteiger partial charge in [0.2, 0.25) is 0 Å². The second-order valence-electron chi connectivity index (χ2n) is 6.91. The van der Waals surface area contributed by atoms with E-state index in [2.05, 4.69) is 30.3 Å². The van der Waals surface area contributed by atoms with Crippen molar-refractivity contribution in [1.29, 1.82) is 0 Å². The Morgan fingerprint density at radius 3 is 2.12 bits per heavy atom. The van der Waals surface area contributed by atoms with Gasteiger partial charge in [-0.1, -0.05) is 30.3 Å². The van der Waals surface area contributed by atoms with Crippen molar-refractivity contribution in [2.75, 3.05) is 0 Å². The molecule has 1 spiro atoms. The first-order chi connectivity index (χ1) is 7.83. The Morgan fingerprint density at radius 2 is 1.56 bits per heavy atom. The molecule has 2 atom stereocenters. The molecule has 0 amide bonds. The molecule has 0 aromatic heterocycles. The van der Waals surface area contributed by atoms with Gasteiger partial charge in [0, 0.05) is 0 Å². The van der Waals surface area contributed by atoms with Gasteiger partial charge < -0.3 is 0 Å². The average Bonchev–Trinajstić information content (AvgIpc) is 2.77. The van der Waals surface area contributed by atoms with Crippen molar-refractivity contribution in [3.63, 3.8) is 0 Å². The monoisotopic (exact) mass is 210 g/mol. The summed E-state index contributed by atoms with van der Waals surface area (Å²) in [4.78, 5) is 0. The molecule has 4 aliphatic rings. The topological polar surface area (TPSA) is 0 Å². The molecule has 0 heteroatoms. The third-order valence-electron chi connectivity index (χ3n) is 6.72. The quantitative estimate of drug-likeness (QED) is 0.662. The van der Waals surface area contributed by atoms with Gasteiger partial charge in [-0.25, -0.2) is 0 Å². The van der Waals surface area contributed by atoms with Crippen LogP contribution in [0.5, 0.6) is 0 Å². The van der Waals surface area contributed by atoms with E-state index < -0.39 is 0 Å². The van der Waals surface area contributed by atoms with Crippen LogP contribution < -0.4 is 0 Å². The largest absolute Gasteiger partial charge is 0.0622 e. The van der Waals surface area contributed by atoms with Crippen LogP contribution in [0.3, 0.4) is 0 Å². The molecule has 0 radical (unpaired) electrons. The van der Waals surface area contributed by atoms with Crippen molar-refractivity contribution in [2.24, 2.45) is 23.2 Å². The normalized spacial score (nSPS) is 55.4. The van der Waals surface area contributed by atoms with E-state index in [-0.39, 0.29) is 0 Å². The predicted octanol–water partition coefficient (Wildman–Crippen LogP) is 3.76. The van der Waals surface area contributed by atoms with Gasteiger partial charge >= 0.3 is 0 Å². The summed E-state index contributed by atoms with van der Waals surface area (Å²) in [6.07, 6.45) is 7.73. The third-order valence-corrected chi connectivity index (χ3v) is 6.72. The van der Waals surface area contributed by atoms with Crippen LogP contribution in [0, 0.1) is 23.2 Å². The SMILES string of the molecule is c1ccc(C23C[C@@H]4CC5C[C@@H](C2)C54C3)cc1. The molecule has 4 saturated carbocycles. The first kappa shape index (κ1) is 8.33. The van der Waals surface area contributed by atoms with Crippen LogP contribution in [0.25, 0.3) is 0 Å². The van der Waals surface area contributed by atoms with Gasteiger partial charge in [-0.15, -0.1) is 0 Å². The Bertz CT molecular complexity index is 442. The number of hydrogen-bond donors (Lipinski definition) is 0. The van der Waals surface area contributed by atoms with Crippen LogP contribution in [-0.4, -0.2) is 0 Å². The molecule has 1 aromatic rings. The molecule has 0 nitrogen and oxygen atoms in total. The summed E-state index contributed by atoms with van der Waals surface area (Å²) in [6.45, 7) is 0. The van der Waals surface area contributed by atoms with Crippen LogP contribution in [0.2, 0.25) is 0 Å². The van der Waals surface area contributed by atoms with E-state index in [0.717, 1.165) is 23.2 Å². The smallest absolute Gasteiger partial charge is 0.00357 e. The zero-order valence-electron chi connectivity index (χ0n) is 9.65. The molecule has 0 unspecified atom stereocenters. The summed E-state index contributed by atoms with van der Waals surface area (Å²) >= 11 is 0.